The highest BCUT2D eigenvalue weighted by molar-refractivity contribution is 7.11. The number of benzene rings is 1. The fourth-order valence-corrected chi connectivity index (χ4v) is 2.47. The van der Waals surface area contributed by atoms with Gasteiger partial charge in [0.1, 0.15) is 5.75 Å². The van der Waals surface area contributed by atoms with Gasteiger partial charge in [-0.2, -0.15) is 0 Å². The maximum atomic E-state index is 10.8. The van der Waals surface area contributed by atoms with E-state index in [2.05, 4.69) is 31.0 Å². The number of carbonyl (C=O) groups is 1. The number of aldehydes is 1. The number of nitrogens with zero attached hydrogens (tertiary/aromatic N) is 1. The van der Waals surface area contributed by atoms with Crippen LogP contribution in [0.2, 0.25) is 0 Å². The summed E-state index contributed by atoms with van der Waals surface area (Å²) in [7, 11) is 0. The highest BCUT2D eigenvalue weighted by atomic mass is 32.1. The summed E-state index contributed by atoms with van der Waals surface area (Å²) in [6.45, 7) is 6.87. The molecule has 19 heavy (non-hydrogen) atoms. The summed E-state index contributed by atoms with van der Waals surface area (Å²) in [5.74, 6) is 1.26. The molecule has 0 radical (unpaired) electrons. The molecule has 0 fully saturated rings. The third-order valence-electron chi connectivity index (χ3n) is 2.87. The zero-order valence-corrected chi connectivity index (χ0v) is 12.2. The summed E-state index contributed by atoms with van der Waals surface area (Å²) in [5, 5.41) is 2.39. The molecule has 2 rings (SSSR count). The summed E-state index contributed by atoms with van der Waals surface area (Å²) in [6, 6.07) is 6.15. The lowest BCUT2D eigenvalue weighted by Gasteiger charge is -2.12. The topological polar surface area (TPSA) is 39.2 Å². The van der Waals surface area contributed by atoms with E-state index in [-0.39, 0.29) is 0 Å². The third-order valence-corrected chi connectivity index (χ3v) is 3.64. The predicted octanol–water partition coefficient (Wildman–Crippen LogP) is 4.14. The lowest BCUT2D eigenvalue weighted by Crippen LogP contribution is -1.96. The second kappa shape index (κ2) is 5.97. The fraction of sp³-hybridized carbons (Fsp3) is 0.333. The Morgan fingerprint density at radius 1 is 1.42 bits per heavy atom. The Morgan fingerprint density at radius 2 is 2.21 bits per heavy atom. The molecule has 0 spiro atoms. The van der Waals surface area contributed by atoms with E-state index in [1.807, 2.05) is 18.4 Å². The summed E-state index contributed by atoms with van der Waals surface area (Å²) in [4.78, 5) is 15.1. The molecule has 1 aromatic carbocycles. The van der Waals surface area contributed by atoms with Crippen LogP contribution in [0.25, 0.3) is 11.3 Å². The van der Waals surface area contributed by atoms with Gasteiger partial charge in [0.05, 0.1) is 12.3 Å². The molecule has 100 valence electrons. The summed E-state index contributed by atoms with van der Waals surface area (Å²) in [5.41, 5.74) is 2.99. The largest absolute Gasteiger partial charge is 0.493 e. The van der Waals surface area contributed by atoms with Crippen LogP contribution in [-0.4, -0.2) is 17.9 Å². The first kappa shape index (κ1) is 13.7. The first-order valence-corrected chi connectivity index (χ1v) is 7.21. The molecule has 0 saturated carbocycles. The molecule has 0 aliphatic carbocycles. The lowest BCUT2D eigenvalue weighted by molar-refractivity contribution is 0.112. The minimum Gasteiger partial charge on any atom is -0.493 e. The average Bonchev–Trinajstić information content (AvgIpc) is 2.88. The molecule has 0 amide bonds. The molecule has 1 aromatic heterocycles. The maximum Gasteiger partial charge on any atom is 0.178 e. The fourth-order valence-electron chi connectivity index (χ4n) is 1.85. The van der Waals surface area contributed by atoms with Gasteiger partial charge in [0.2, 0.25) is 0 Å². The molecular weight excluding hydrogens is 258 g/mol. The van der Waals surface area contributed by atoms with Gasteiger partial charge >= 0.3 is 0 Å². The molecule has 0 aliphatic rings. The molecule has 0 saturated heterocycles. The second-order valence-electron chi connectivity index (χ2n) is 4.53. The zero-order chi connectivity index (χ0) is 13.8. The van der Waals surface area contributed by atoms with Crippen molar-refractivity contribution in [2.75, 3.05) is 6.61 Å². The minimum atomic E-state index is 0.443. The Kier molecular flexibility index (Phi) is 4.32. The van der Waals surface area contributed by atoms with Gasteiger partial charge in [-0.15, -0.1) is 11.3 Å². The van der Waals surface area contributed by atoms with Crippen LogP contribution in [0.15, 0.2) is 23.6 Å². The molecule has 0 unspecified atom stereocenters. The normalized spacial score (nSPS) is 10.7. The van der Waals surface area contributed by atoms with Gasteiger partial charge in [0.25, 0.3) is 0 Å². The van der Waals surface area contributed by atoms with E-state index < -0.39 is 0 Å². The predicted molar refractivity (Wildman–Crippen MR) is 78.2 cm³/mol. The van der Waals surface area contributed by atoms with Gasteiger partial charge in [-0.1, -0.05) is 19.9 Å². The summed E-state index contributed by atoms with van der Waals surface area (Å²) >= 11 is 1.35. The number of thiazole rings is 1. The minimum absolute atomic E-state index is 0.443. The maximum absolute atomic E-state index is 10.8. The van der Waals surface area contributed by atoms with Gasteiger partial charge in [0.15, 0.2) is 11.3 Å². The van der Waals surface area contributed by atoms with Crippen LogP contribution in [0.1, 0.15) is 42.1 Å². The van der Waals surface area contributed by atoms with Crippen LogP contribution < -0.4 is 4.74 Å². The number of rotatable bonds is 5. The van der Waals surface area contributed by atoms with Crippen molar-refractivity contribution in [2.24, 2.45) is 0 Å². The monoisotopic (exact) mass is 275 g/mol. The number of hydrogen-bond acceptors (Lipinski definition) is 4. The van der Waals surface area contributed by atoms with Crippen LogP contribution in [0.4, 0.5) is 0 Å². The Morgan fingerprint density at radius 3 is 2.79 bits per heavy atom. The Hall–Kier alpha value is -1.68. The summed E-state index contributed by atoms with van der Waals surface area (Å²) in [6.07, 6.45) is 0.779. The average molecular weight is 275 g/mol. The third kappa shape index (κ3) is 3.01. The Labute approximate surface area is 117 Å². The summed E-state index contributed by atoms with van der Waals surface area (Å²) < 4.78 is 5.65. The highest BCUT2D eigenvalue weighted by Crippen LogP contribution is 2.33. The zero-order valence-electron chi connectivity index (χ0n) is 11.3. The van der Waals surface area contributed by atoms with Crippen LogP contribution >= 0.6 is 11.3 Å². The first-order chi connectivity index (χ1) is 9.15. The van der Waals surface area contributed by atoms with E-state index in [1.165, 1.54) is 16.9 Å². The van der Waals surface area contributed by atoms with Crippen molar-refractivity contribution < 1.29 is 9.53 Å². The van der Waals surface area contributed by atoms with Crippen LogP contribution in [0, 0.1) is 0 Å². The van der Waals surface area contributed by atoms with E-state index in [0.717, 1.165) is 23.3 Å². The molecule has 0 N–H and O–H groups in total. The van der Waals surface area contributed by atoms with Crippen LogP contribution in [0.3, 0.4) is 0 Å². The second-order valence-corrected chi connectivity index (χ2v) is 5.42. The number of aromatic nitrogens is 1. The molecule has 4 heteroatoms. The van der Waals surface area contributed by atoms with Crippen LogP contribution in [0.5, 0.6) is 5.75 Å². The van der Waals surface area contributed by atoms with E-state index in [4.69, 9.17) is 4.74 Å². The smallest absolute Gasteiger partial charge is 0.178 e. The molecule has 3 nitrogen and oxygen atoms in total. The first-order valence-electron chi connectivity index (χ1n) is 6.33. The molecule has 0 atom stereocenters. The van der Waals surface area contributed by atoms with Gasteiger partial charge in [-0.3, -0.25) is 4.79 Å². The van der Waals surface area contributed by atoms with Crippen molar-refractivity contribution in [2.45, 2.75) is 26.7 Å². The van der Waals surface area contributed by atoms with Gasteiger partial charge < -0.3 is 4.74 Å². The SMILES string of the molecule is CCOc1ccc(C(C)C)cc1-c1csc(C=O)n1. The van der Waals surface area contributed by atoms with E-state index in [1.54, 1.807) is 0 Å². The lowest BCUT2D eigenvalue weighted by atomic mass is 9.99. The van der Waals surface area contributed by atoms with E-state index in [9.17, 15) is 4.79 Å². The van der Waals surface area contributed by atoms with Crippen LogP contribution in [-0.2, 0) is 0 Å². The number of ether oxygens (including phenoxy) is 1. The number of hydrogen-bond donors (Lipinski definition) is 0. The van der Waals surface area contributed by atoms with Gasteiger partial charge in [-0.05, 0) is 30.5 Å². The van der Waals surface area contributed by atoms with Crippen molar-refractivity contribution in [3.05, 3.63) is 34.2 Å². The van der Waals surface area contributed by atoms with Crippen molar-refractivity contribution >= 4 is 17.6 Å². The van der Waals surface area contributed by atoms with Crippen molar-refractivity contribution in [1.29, 1.82) is 0 Å². The Bertz CT molecular complexity index is 575. The Balaban J connectivity index is 2.50. The van der Waals surface area contributed by atoms with E-state index >= 15 is 0 Å². The quantitative estimate of drug-likeness (QED) is 0.770. The van der Waals surface area contributed by atoms with Crippen molar-refractivity contribution in [1.82, 2.24) is 4.98 Å². The standard InChI is InChI=1S/C15H17NO2S/c1-4-18-14-6-5-11(10(2)3)7-12(14)13-9-19-15(8-17)16-13/h5-10H,4H2,1-3H3. The highest BCUT2D eigenvalue weighted by Gasteiger charge is 2.12. The van der Waals surface area contributed by atoms with Crippen molar-refractivity contribution in [3.63, 3.8) is 0 Å². The number of carbonyl (C=O) groups excluding carboxylic acids is 1. The van der Waals surface area contributed by atoms with Gasteiger partial charge in [-0.25, -0.2) is 4.98 Å². The molecular formula is C15H17NO2S. The van der Waals surface area contributed by atoms with Crippen molar-refractivity contribution in [3.8, 4) is 17.0 Å². The molecule has 0 aliphatic heterocycles. The molecule has 1 heterocycles. The molecule has 2 aromatic rings. The van der Waals surface area contributed by atoms with E-state index in [0.29, 0.717) is 17.5 Å². The molecule has 0 bridgehead atoms. The van der Waals surface area contributed by atoms with Gasteiger partial charge in [0, 0.05) is 10.9 Å².